The predicted octanol–water partition coefficient (Wildman–Crippen LogP) is 2.61. The summed E-state index contributed by atoms with van der Waals surface area (Å²) < 4.78 is 2.08. The van der Waals surface area contributed by atoms with Crippen LogP contribution in [0.25, 0.3) is 11.0 Å². The van der Waals surface area contributed by atoms with E-state index in [1.54, 1.807) is 6.07 Å². The largest absolute Gasteiger partial charge is 0.331 e. The summed E-state index contributed by atoms with van der Waals surface area (Å²) in [5.74, 6) is 0.966. The van der Waals surface area contributed by atoms with E-state index in [-0.39, 0.29) is 0 Å². The van der Waals surface area contributed by atoms with Crippen LogP contribution >= 0.6 is 11.6 Å². The molecule has 3 rings (SSSR count). The van der Waals surface area contributed by atoms with Gasteiger partial charge in [-0.15, -0.1) is 5.10 Å². The van der Waals surface area contributed by atoms with Crippen LogP contribution in [0.3, 0.4) is 0 Å². The minimum absolute atomic E-state index is 0.406. The molecular weight excluding hydrogens is 248 g/mol. The Morgan fingerprint density at radius 2 is 1.94 bits per heavy atom. The Kier molecular flexibility index (Phi) is 2.72. The third-order valence-corrected chi connectivity index (χ3v) is 3.11. The van der Waals surface area contributed by atoms with Gasteiger partial charge in [-0.25, -0.2) is 4.98 Å². The summed E-state index contributed by atoms with van der Waals surface area (Å²) in [6.07, 6.45) is 0.648. The molecule has 90 valence electrons. The lowest BCUT2D eigenvalue weighted by Crippen LogP contribution is -2.01. The number of benzene rings is 1. The highest BCUT2D eigenvalue weighted by molar-refractivity contribution is 6.29. The number of rotatable bonds is 2. The zero-order valence-electron chi connectivity index (χ0n) is 9.84. The van der Waals surface area contributed by atoms with E-state index in [2.05, 4.69) is 25.8 Å². The molecule has 0 aliphatic rings. The minimum Gasteiger partial charge on any atom is -0.331 e. The molecule has 0 radical (unpaired) electrons. The summed E-state index contributed by atoms with van der Waals surface area (Å²) in [6, 6.07) is 11.7. The molecule has 4 nitrogen and oxygen atoms in total. The summed E-state index contributed by atoms with van der Waals surface area (Å²) in [5.41, 5.74) is 2.98. The van der Waals surface area contributed by atoms with Gasteiger partial charge in [-0.2, -0.15) is 5.10 Å². The van der Waals surface area contributed by atoms with Gasteiger partial charge in [0.25, 0.3) is 0 Å². The molecule has 0 aliphatic carbocycles. The molecule has 5 heteroatoms. The lowest BCUT2D eigenvalue weighted by Gasteiger charge is -2.01. The van der Waals surface area contributed by atoms with E-state index in [4.69, 9.17) is 11.6 Å². The first kappa shape index (κ1) is 11.2. The quantitative estimate of drug-likeness (QED) is 0.710. The molecular formula is C13H11ClN4. The van der Waals surface area contributed by atoms with Crippen LogP contribution in [0.1, 0.15) is 11.5 Å². The number of aromatic nitrogens is 4. The summed E-state index contributed by atoms with van der Waals surface area (Å²) in [5, 5.41) is 8.29. The first-order valence-electron chi connectivity index (χ1n) is 5.62. The summed E-state index contributed by atoms with van der Waals surface area (Å²) >= 11 is 5.72. The minimum atomic E-state index is 0.406. The average Bonchev–Trinajstić information content (AvgIpc) is 2.70. The van der Waals surface area contributed by atoms with Crippen LogP contribution in [0.4, 0.5) is 0 Å². The first-order valence-corrected chi connectivity index (χ1v) is 6.00. The van der Waals surface area contributed by atoms with Crippen LogP contribution in [0, 0.1) is 0 Å². The maximum Gasteiger partial charge on any atom is 0.151 e. The molecule has 0 amide bonds. The van der Waals surface area contributed by atoms with Gasteiger partial charge in [0.2, 0.25) is 0 Å². The fourth-order valence-electron chi connectivity index (χ4n) is 1.95. The Bertz CT molecular complexity index is 688. The maximum absolute atomic E-state index is 5.72. The van der Waals surface area contributed by atoms with E-state index in [1.165, 1.54) is 0 Å². The molecule has 0 spiro atoms. The highest BCUT2D eigenvalue weighted by Gasteiger charge is 2.08. The lowest BCUT2D eigenvalue weighted by molar-refractivity contribution is 0.816. The van der Waals surface area contributed by atoms with Crippen molar-refractivity contribution < 1.29 is 0 Å². The van der Waals surface area contributed by atoms with Crippen LogP contribution in [0.5, 0.6) is 0 Å². The van der Waals surface area contributed by atoms with Crippen molar-refractivity contribution in [2.45, 2.75) is 6.42 Å². The van der Waals surface area contributed by atoms with Crippen LogP contribution in [-0.2, 0) is 13.5 Å². The Morgan fingerprint density at radius 3 is 2.67 bits per heavy atom. The number of aryl methyl sites for hydroxylation is 1. The Hall–Kier alpha value is -1.94. The molecule has 0 bridgehead atoms. The molecule has 2 heterocycles. The summed E-state index contributed by atoms with van der Waals surface area (Å²) in [4.78, 5) is 4.59. The zero-order chi connectivity index (χ0) is 12.5. The molecule has 1 aromatic carbocycles. The molecule has 0 aliphatic heterocycles. The van der Waals surface area contributed by atoms with E-state index in [1.807, 2.05) is 31.3 Å². The topological polar surface area (TPSA) is 43.6 Å². The number of halogens is 1. The van der Waals surface area contributed by atoms with Gasteiger partial charge in [-0.1, -0.05) is 23.7 Å². The van der Waals surface area contributed by atoms with Crippen LogP contribution in [0.2, 0.25) is 5.15 Å². The molecule has 0 fully saturated rings. The second-order valence-electron chi connectivity index (χ2n) is 4.10. The van der Waals surface area contributed by atoms with Crippen molar-refractivity contribution >= 4 is 22.6 Å². The monoisotopic (exact) mass is 258 g/mol. The van der Waals surface area contributed by atoms with E-state index >= 15 is 0 Å². The van der Waals surface area contributed by atoms with Crippen molar-refractivity contribution in [3.8, 4) is 0 Å². The van der Waals surface area contributed by atoms with Crippen molar-refractivity contribution in [1.29, 1.82) is 0 Å². The SMILES string of the molecule is Cn1c(Cc2ccc(Cl)nn2)nc2ccccc21. The molecule has 0 saturated heterocycles. The average molecular weight is 259 g/mol. The standard InChI is InChI=1S/C13H11ClN4/c1-18-11-5-3-2-4-10(11)15-13(18)8-9-6-7-12(14)17-16-9/h2-7H,8H2,1H3. The molecule has 18 heavy (non-hydrogen) atoms. The van der Waals surface area contributed by atoms with Crippen LogP contribution < -0.4 is 0 Å². The number of nitrogens with zero attached hydrogens (tertiary/aromatic N) is 4. The van der Waals surface area contributed by atoms with Crippen LogP contribution in [-0.4, -0.2) is 19.7 Å². The number of para-hydroxylation sites is 2. The predicted molar refractivity (Wildman–Crippen MR) is 70.6 cm³/mol. The van der Waals surface area contributed by atoms with Crippen LogP contribution in [0.15, 0.2) is 36.4 Å². The smallest absolute Gasteiger partial charge is 0.151 e. The van der Waals surface area contributed by atoms with Gasteiger partial charge in [-0.05, 0) is 24.3 Å². The zero-order valence-corrected chi connectivity index (χ0v) is 10.6. The summed E-state index contributed by atoms with van der Waals surface area (Å²) in [7, 11) is 2.01. The Labute approximate surface area is 109 Å². The number of hydrogen-bond acceptors (Lipinski definition) is 3. The highest BCUT2D eigenvalue weighted by atomic mass is 35.5. The van der Waals surface area contributed by atoms with Gasteiger partial charge in [0.1, 0.15) is 5.82 Å². The Morgan fingerprint density at radius 1 is 1.11 bits per heavy atom. The van der Waals surface area contributed by atoms with Crippen molar-refractivity contribution in [2.75, 3.05) is 0 Å². The van der Waals surface area contributed by atoms with E-state index in [9.17, 15) is 0 Å². The second-order valence-corrected chi connectivity index (χ2v) is 4.49. The van der Waals surface area contributed by atoms with Gasteiger partial charge in [-0.3, -0.25) is 0 Å². The lowest BCUT2D eigenvalue weighted by atomic mass is 10.3. The third-order valence-electron chi connectivity index (χ3n) is 2.91. The Balaban J connectivity index is 1.99. The van der Waals surface area contributed by atoms with Crippen molar-refractivity contribution in [3.63, 3.8) is 0 Å². The first-order chi connectivity index (χ1) is 8.74. The van der Waals surface area contributed by atoms with Gasteiger partial charge in [0, 0.05) is 7.05 Å². The van der Waals surface area contributed by atoms with Crippen molar-refractivity contribution in [1.82, 2.24) is 19.7 Å². The summed E-state index contributed by atoms with van der Waals surface area (Å²) in [6.45, 7) is 0. The van der Waals surface area contributed by atoms with Gasteiger partial charge in [0.05, 0.1) is 23.1 Å². The maximum atomic E-state index is 5.72. The van der Waals surface area contributed by atoms with E-state index in [0.29, 0.717) is 11.6 Å². The molecule has 3 aromatic rings. The van der Waals surface area contributed by atoms with Crippen molar-refractivity contribution in [3.05, 3.63) is 53.1 Å². The number of imidazole rings is 1. The second kappa shape index (κ2) is 4.38. The van der Waals surface area contributed by atoms with E-state index in [0.717, 1.165) is 22.6 Å². The molecule has 0 N–H and O–H groups in total. The van der Waals surface area contributed by atoms with E-state index < -0.39 is 0 Å². The molecule has 0 saturated carbocycles. The fraction of sp³-hybridized carbons (Fsp3) is 0.154. The normalized spacial score (nSPS) is 11.0. The molecule has 0 unspecified atom stereocenters. The van der Waals surface area contributed by atoms with Gasteiger partial charge < -0.3 is 4.57 Å². The number of fused-ring (bicyclic) bond motifs is 1. The third kappa shape index (κ3) is 1.95. The number of hydrogen-bond donors (Lipinski definition) is 0. The van der Waals surface area contributed by atoms with Gasteiger partial charge in [0.15, 0.2) is 5.15 Å². The molecule has 0 atom stereocenters. The highest BCUT2D eigenvalue weighted by Crippen LogP contribution is 2.16. The fourth-order valence-corrected chi connectivity index (χ4v) is 2.05. The van der Waals surface area contributed by atoms with Crippen molar-refractivity contribution in [2.24, 2.45) is 7.05 Å². The molecule has 2 aromatic heterocycles. The van der Waals surface area contributed by atoms with Gasteiger partial charge >= 0.3 is 0 Å².